The van der Waals surface area contributed by atoms with Gasteiger partial charge in [-0.15, -0.1) is 0 Å². The maximum atomic E-state index is 5.60. The van der Waals surface area contributed by atoms with Gasteiger partial charge in [-0.2, -0.15) is 0 Å². The highest BCUT2D eigenvalue weighted by atomic mass is 127. The van der Waals surface area contributed by atoms with Crippen molar-refractivity contribution in [2.45, 2.75) is 51.7 Å². The molecule has 1 aliphatic heterocycles. The van der Waals surface area contributed by atoms with Gasteiger partial charge in [0, 0.05) is 17.1 Å². The Morgan fingerprint density at radius 1 is 1.47 bits per heavy atom. The lowest BCUT2D eigenvalue weighted by atomic mass is 10.1. The van der Waals surface area contributed by atoms with Crippen LogP contribution in [0.1, 0.15) is 39.5 Å². The van der Waals surface area contributed by atoms with Gasteiger partial charge in [-0.1, -0.05) is 36.4 Å². The number of hydrogen-bond donors (Lipinski definition) is 1. The van der Waals surface area contributed by atoms with E-state index in [9.17, 15) is 0 Å². The molecule has 0 spiro atoms. The molecule has 1 saturated heterocycles. The van der Waals surface area contributed by atoms with Crippen molar-refractivity contribution in [2.24, 2.45) is 5.92 Å². The summed E-state index contributed by atoms with van der Waals surface area (Å²) in [5.74, 6) is 0.740. The van der Waals surface area contributed by atoms with Crippen molar-refractivity contribution < 1.29 is 4.74 Å². The first-order valence-electron chi connectivity index (χ1n) is 6.15. The quantitative estimate of drug-likeness (QED) is 0.441. The Hall–Kier alpha value is 0.650. The highest BCUT2D eigenvalue weighted by Gasteiger charge is 2.15. The number of hydrogen-bond acceptors (Lipinski definition) is 2. The van der Waals surface area contributed by atoms with Crippen LogP contribution < -0.4 is 5.32 Å². The zero-order chi connectivity index (χ0) is 11.1. The average Bonchev–Trinajstić information content (AvgIpc) is 2.70. The molecule has 2 nitrogen and oxygen atoms in total. The molecule has 0 amide bonds. The van der Waals surface area contributed by atoms with Crippen LogP contribution in [0, 0.1) is 5.92 Å². The molecular formula is C12H24INO. The Kier molecular flexibility index (Phi) is 7.17. The zero-order valence-electron chi connectivity index (χ0n) is 9.97. The summed E-state index contributed by atoms with van der Waals surface area (Å²) in [6.07, 6.45) is 5.59. The third kappa shape index (κ3) is 5.50. The maximum absolute atomic E-state index is 5.60. The Balaban J connectivity index is 1.99. The molecule has 0 aromatic carbocycles. The van der Waals surface area contributed by atoms with E-state index in [1.165, 1.54) is 30.1 Å². The summed E-state index contributed by atoms with van der Waals surface area (Å²) in [6.45, 7) is 6.71. The van der Waals surface area contributed by atoms with E-state index in [1.54, 1.807) is 0 Å². The van der Waals surface area contributed by atoms with Crippen molar-refractivity contribution in [3.05, 3.63) is 0 Å². The monoisotopic (exact) mass is 325 g/mol. The van der Waals surface area contributed by atoms with Crippen LogP contribution in [0.4, 0.5) is 0 Å². The molecule has 1 N–H and O–H groups in total. The second-order valence-electron chi connectivity index (χ2n) is 4.74. The molecule has 1 aliphatic rings. The second-order valence-corrected chi connectivity index (χ2v) is 5.62. The first-order chi connectivity index (χ1) is 7.24. The van der Waals surface area contributed by atoms with Gasteiger partial charge in [0.2, 0.25) is 0 Å². The van der Waals surface area contributed by atoms with Gasteiger partial charge in [-0.3, -0.25) is 0 Å². The van der Waals surface area contributed by atoms with Crippen LogP contribution in [0.25, 0.3) is 0 Å². The van der Waals surface area contributed by atoms with Crippen molar-refractivity contribution >= 4 is 22.6 Å². The summed E-state index contributed by atoms with van der Waals surface area (Å²) in [6, 6.07) is 0.676. The van der Waals surface area contributed by atoms with E-state index in [0.29, 0.717) is 12.1 Å². The number of rotatable bonds is 7. The van der Waals surface area contributed by atoms with Crippen LogP contribution in [-0.2, 0) is 4.74 Å². The summed E-state index contributed by atoms with van der Waals surface area (Å²) in [7, 11) is 0. The Morgan fingerprint density at radius 3 is 2.80 bits per heavy atom. The molecule has 0 radical (unpaired) electrons. The summed E-state index contributed by atoms with van der Waals surface area (Å²) in [4.78, 5) is 0. The lowest BCUT2D eigenvalue weighted by Gasteiger charge is -2.20. The van der Waals surface area contributed by atoms with Crippen LogP contribution in [0.5, 0.6) is 0 Å². The van der Waals surface area contributed by atoms with Crippen molar-refractivity contribution in [2.75, 3.05) is 17.6 Å². The minimum Gasteiger partial charge on any atom is -0.378 e. The third-order valence-electron chi connectivity index (χ3n) is 3.10. The Morgan fingerprint density at radius 2 is 2.27 bits per heavy atom. The van der Waals surface area contributed by atoms with E-state index in [0.717, 1.165) is 19.1 Å². The van der Waals surface area contributed by atoms with E-state index >= 15 is 0 Å². The standard InChI is InChI=1S/C12H24INO/c1-10(2)12(9-13)14-7-3-5-11-6-4-8-15-11/h10-12,14H,3-9H2,1-2H3. The molecule has 2 atom stereocenters. The smallest absolute Gasteiger partial charge is 0.0576 e. The van der Waals surface area contributed by atoms with Gasteiger partial charge in [0.1, 0.15) is 0 Å². The van der Waals surface area contributed by atoms with Crippen molar-refractivity contribution in [3.8, 4) is 0 Å². The first-order valence-corrected chi connectivity index (χ1v) is 7.67. The highest BCUT2D eigenvalue weighted by Crippen LogP contribution is 2.16. The molecule has 0 aromatic heterocycles. The molecule has 0 bridgehead atoms. The summed E-state index contributed by atoms with van der Waals surface area (Å²) in [5, 5.41) is 3.63. The summed E-state index contributed by atoms with van der Waals surface area (Å²) < 4.78 is 6.81. The Bertz CT molecular complexity index is 158. The van der Waals surface area contributed by atoms with Crippen molar-refractivity contribution in [3.63, 3.8) is 0 Å². The molecular weight excluding hydrogens is 301 g/mol. The maximum Gasteiger partial charge on any atom is 0.0576 e. The molecule has 1 fully saturated rings. The van der Waals surface area contributed by atoms with Crippen LogP contribution in [0.15, 0.2) is 0 Å². The Labute approximate surface area is 108 Å². The number of alkyl halides is 1. The van der Waals surface area contributed by atoms with Gasteiger partial charge in [0.05, 0.1) is 6.10 Å². The molecule has 1 rings (SSSR count). The molecule has 3 heteroatoms. The van der Waals surface area contributed by atoms with E-state index in [1.807, 2.05) is 0 Å². The predicted octanol–water partition coefficient (Wildman–Crippen LogP) is 2.99. The van der Waals surface area contributed by atoms with Crippen LogP contribution in [0.3, 0.4) is 0 Å². The van der Waals surface area contributed by atoms with E-state index in [-0.39, 0.29) is 0 Å². The fourth-order valence-electron chi connectivity index (χ4n) is 1.96. The van der Waals surface area contributed by atoms with Gasteiger partial charge < -0.3 is 10.1 Å². The topological polar surface area (TPSA) is 21.3 Å². The average molecular weight is 325 g/mol. The van der Waals surface area contributed by atoms with Crippen LogP contribution >= 0.6 is 22.6 Å². The van der Waals surface area contributed by atoms with Crippen molar-refractivity contribution in [1.29, 1.82) is 0 Å². The predicted molar refractivity (Wildman–Crippen MR) is 73.7 cm³/mol. The molecule has 2 unspecified atom stereocenters. The van der Waals surface area contributed by atoms with E-state index in [2.05, 4.69) is 41.8 Å². The highest BCUT2D eigenvalue weighted by molar-refractivity contribution is 14.1. The lowest BCUT2D eigenvalue weighted by Crippen LogP contribution is -2.36. The van der Waals surface area contributed by atoms with Gasteiger partial charge in [0.15, 0.2) is 0 Å². The van der Waals surface area contributed by atoms with Gasteiger partial charge in [-0.25, -0.2) is 0 Å². The van der Waals surface area contributed by atoms with Gasteiger partial charge in [-0.05, 0) is 38.1 Å². The van der Waals surface area contributed by atoms with E-state index < -0.39 is 0 Å². The molecule has 15 heavy (non-hydrogen) atoms. The molecule has 0 aromatic rings. The fourth-order valence-corrected chi connectivity index (χ4v) is 3.29. The number of nitrogens with one attached hydrogen (secondary N) is 1. The SMILES string of the molecule is CC(C)C(CI)NCCCC1CCCO1. The lowest BCUT2D eigenvalue weighted by molar-refractivity contribution is 0.102. The fraction of sp³-hybridized carbons (Fsp3) is 1.00. The van der Waals surface area contributed by atoms with Crippen LogP contribution in [0.2, 0.25) is 0 Å². The second kappa shape index (κ2) is 7.85. The molecule has 90 valence electrons. The zero-order valence-corrected chi connectivity index (χ0v) is 12.1. The minimum absolute atomic E-state index is 0.559. The van der Waals surface area contributed by atoms with Gasteiger partial charge >= 0.3 is 0 Å². The third-order valence-corrected chi connectivity index (χ3v) is 4.05. The number of ether oxygens (including phenoxy) is 1. The van der Waals surface area contributed by atoms with Crippen molar-refractivity contribution in [1.82, 2.24) is 5.32 Å². The van der Waals surface area contributed by atoms with Gasteiger partial charge in [0.25, 0.3) is 0 Å². The number of halogens is 1. The first kappa shape index (κ1) is 13.7. The molecule has 0 saturated carbocycles. The normalized spacial score (nSPS) is 23.6. The molecule has 1 heterocycles. The minimum atomic E-state index is 0.559. The molecule has 0 aliphatic carbocycles. The summed E-state index contributed by atoms with van der Waals surface area (Å²) in [5.41, 5.74) is 0. The van der Waals surface area contributed by atoms with E-state index in [4.69, 9.17) is 4.74 Å². The summed E-state index contributed by atoms with van der Waals surface area (Å²) >= 11 is 2.47. The largest absolute Gasteiger partial charge is 0.378 e. The van der Waals surface area contributed by atoms with Crippen LogP contribution in [-0.4, -0.2) is 29.7 Å².